The van der Waals surface area contributed by atoms with Gasteiger partial charge in [0.15, 0.2) is 0 Å². The van der Waals surface area contributed by atoms with E-state index < -0.39 is 10.8 Å². The molecule has 0 bridgehead atoms. The first-order valence-corrected chi connectivity index (χ1v) is 8.40. The highest BCUT2D eigenvalue weighted by Gasteiger charge is 2.26. The second-order valence-electron chi connectivity index (χ2n) is 5.17. The molecule has 0 spiro atoms. The molecule has 2 rings (SSSR count). The van der Waals surface area contributed by atoms with Gasteiger partial charge in [-0.1, -0.05) is 6.92 Å². The SMILES string of the molecule is CCCN(CC1CC1)C(=O)c1ccc(S(C)=O)cc1. The number of amides is 1. The predicted octanol–water partition coefficient (Wildman–Crippen LogP) is 2.69. The molecule has 1 aliphatic carbocycles. The lowest BCUT2D eigenvalue weighted by molar-refractivity contribution is 0.0747. The van der Waals surface area contributed by atoms with Crippen LogP contribution in [0, 0.1) is 5.92 Å². The predicted molar refractivity (Wildman–Crippen MR) is 77.7 cm³/mol. The summed E-state index contributed by atoms with van der Waals surface area (Å²) in [5, 5.41) is 0. The number of carbonyl (C=O) groups excluding carboxylic acids is 1. The molecule has 19 heavy (non-hydrogen) atoms. The largest absolute Gasteiger partial charge is 0.338 e. The van der Waals surface area contributed by atoms with E-state index in [-0.39, 0.29) is 5.91 Å². The molecule has 0 heterocycles. The molecule has 1 saturated carbocycles. The van der Waals surface area contributed by atoms with Crippen LogP contribution in [0.15, 0.2) is 29.2 Å². The quantitative estimate of drug-likeness (QED) is 0.803. The Kier molecular flexibility index (Phi) is 4.75. The summed E-state index contributed by atoms with van der Waals surface area (Å²) in [4.78, 5) is 15.1. The molecule has 1 unspecified atom stereocenters. The zero-order valence-corrected chi connectivity index (χ0v) is 12.4. The molecule has 1 aromatic rings. The fourth-order valence-corrected chi connectivity index (χ4v) is 2.65. The van der Waals surface area contributed by atoms with Crippen LogP contribution in [-0.4, -0.2) is 34.4 Å². The first-order valence-electron chi connectivity index (χ1n) is 6.84. The maximum Gasteiger partial charge on any atom is 0.253 e. The van der Waals surface area contributed by atoms with Gasteiger partial charge in [0.2, 0.25) is 0 Å². The van der Waals surface area contributed by atoms with Crippen molar-refractivity contribution in [1.82, 2.24) is 4.90 Å². The van der Waals surface area contributed by atoms with Crippen LogP contribution in [0.3, 0.4) is 0 Å². The Hall–Kier alpha value is -1.16. The van der Waals surface area contributed by atoms with Crippen LogP contribution < -0.4 is 0 Å². The number of nitrogens with zero attached hydrogens (tertiary/aromatic N) is 1. The summed E-state index contributed by atoms with van der Waals surface area (Å²) < 4.78 is 11.3. The van der Waals surface area contributed by atoms with Crippen LogP contribution in [0.2, 0.25) is 0 Å². The number of benzene rings is 1. The summed E-state index contributed by atoms with van der Waals surface area (Å²) in [6, 6.07) is 7.14. The van der Waals surface area contributed by atoms with Gasteiger partial charge in [0.1, 0.15) is 0 Å². The molecule has 0 radical (unpaired) electrons. The maximum absolute atomic E-state index is 12.4. The number of hydrogen-bond donors (Lipinski definition) is 0. The maximum atomic E-state index is 12.4. The van der Waals surface area contributed by atoms with Crippen LogP contribution in [-0.2, 0) is 10.8 Å². The molecule has 1 atom stereocenters. The highest BCUT2D eigenvalue weighted by Crippen LogP contribution is 2.30. The van der Waals surface area contributed by atoms with Crippen LogP contribution in [0.25, 0.3) is 0 Å². The van der Waals surface area contributed by atoms with E-state index in [0.717, 1.165) is 24.4 Å². The molecule has 4 heteroatoms. The van der Waals surface area contributed by atoms with E-state index in [1.807, 2.05) is 4.90 Å². The van der Waals surface area contributed by atoms with E-state index in [2.05, 4.69) is 6.92 Å². The van der Waals surface area contributed by atoms with Gasteiger partial charge in [-0.15, -0.1) is 0 Å². The molecule has 1 fully saturated rings. The zero-order chi connectivity index (χ0) is 13.8. The summed E-state index contributed by atoms with van der Waals surface area (Å²) in [5.41, 5.74) is 0.698. The minimum absolute atomic E-state index is 0.0992. The van der Waals surface area contributed by atoms with E-state index in [0.29, 0.717) is 11.5 Å². The second kappa shape index (κ2) is 6.33. The molecule has 0 aromatic heterocycles. The van der Waals surface area contributed by atoms with Crippen LogP contribution >= 0.6 is 0 Å². The van der Waals surface area contributed by atoms with Crippen molar-refractivity contribution in [1.29, 1.82) is 0 Å². The lowest BCUT2D eigenvalue weighted by Crippen LogP contribution is -2.33. The molecule has 0 N–H and O–H groups in total. The van der Waals surface area contributed by atoms with E-state index >= 15 is 0 Å². The van der Waals surface area contributed by atoms with Gasteiger partial charge >= 0.3 is 0 Å². The molecule has 104 valence electrons. The number of carbonyl (C=O) groups is 1. The molecule has 1 aromatic carbocycles. The van der Waals surface area contributed by atoms with Crippen molar-refractivity contribution in [2.45, 2.75) is 31.1 Å². The Balaban J connectivity index is 2.08. The Morgan fingerprint density at radius 3 is 2.42 bits per heavy atom. The van der Waals surface area contributed by atoms with Gasteiger partial charge < -0.3 is 4.90 Å². The summed E-state index contributed by atoms with van der Waals surface area (Å²) >= 11 is 0. The van der Waals surface area contributed by atoms with Gasteiger partial charge in [-0.2, -0.15) is 0 Å². The lowest BCUT2D eigenvalue weighted by atomic mass is 10.2. The van der Waals surface area contributed by atoms with Crippen molar-refractivity contribution < 1.29 is 9.00 Å². The topological polar surface area (TPSA) is 37.4 Å². The van der Waals surface area contributed by atoms with E-state index in [1.54, 1.807) is 30.5 Å². The molecule has 0 aliphatic heterocycles. The summed E-state index contributed by atoms with van der Waals surface area (Å²) in [7, 11) is -0.989. The molecule has 1 aliphatic rings. The third-order valence-corrected chi connectivity index (χ3v) is 4.33. The van der Waals surface area contributed by atoms with E-state index in [1.165, 1.54) is 12.8 Å². The van der Waals surface area contributed by atoms with E-state index in [4.69, 9.17) is 0 Å². The fourth-order valence-electron chi connectivity index (χ4n) is 2.13. The Morgan fingerprint density at radius 1 is 1.32 bits per heavy atom. The van der Waals surface area contributed by atoms with Gasteiger partial charge in [-0.05, 0) is 49.4 Å². The zero-order valence-electron chi connectivity index (χ0n) is 11.6. The van der Waals surface area contributed by atoms with Crippen molar-refractivity contribution >= 4 is 16.7 Å². The number of rotatable bonds is 6. The standard InChI is InChI=1S/C15H21NO2S/c1-3-10-16(11-12-4-5-12)15(17)13-6-8-14(9-7-13)19(2)18/h6-9,12H,3-5,10-11H2,1-2H3. The first-order chi connectivity index (χ1) is 9.11. The monoisotopic (exact) mass is 279 g/mol. The van der Waals surface area contributed by atoms with Gasteiger partial charge in [0.05, 0.1) is 0 Å². The van der Waals surface area contributed by atoms with Gasteiger partial charge in [0.25, 0.3) is 5.91 Å². The summed E-state index contributed by atoms with van der Waals surface area (Å²) in [6.45, 7) is 3.79. The van der Waals surface area contributed by atoms with E-state index in [9.17, 15) is 9.00 Å². The average molecular weight is 279 g/mol. The number of hydrogen-bond acceptors (Lipinski definition) is 2. The molecule has 0 saturated heterocycles. The normalized spacial score (nSPS) is 16.1. The van der Waals surface area contributed by atoms with Gasteiger partial charge in [-0.3, -0.25) is 9.00 Å². The second-order valence-corrected chi connectivity index (χ2v) is 6.55. The molecular weight excluding hydrogens is 258 g/mol. The molecule has 3 nitrogen and oxygen atoms in total. The summed E-state index contributed by atoms with van der Waals surface area (Å²) in [6.07, 6.45) is 5.13. The third kappa shape index (κ3) is 3.90. The minimum Gasteiger partial charge on any atom is -0.338 e. The molecule has 1 amide bonds. The molecular formula is C15H21NO2S. The van der Waals surface area contributed by atoms with Gasteiger partial charge in [0, 0.05) is 40.6 Å². The highest BCUT2D eigenvalue weighted by molar-refractivity contribution is 7.84. The van der Waals surface area contributed by atoms with Crippen molar-refractivity contribution in [3.63, 3.8) is 0 Å². The fraction of sp³-hybridized carbons (Fsp3) is 0.533. The Morgan fingerprint density at radius 2 is 1.95 bits per heavy atom. The first kappa shape index (κ1) is 14.3. The minimum atomic E-state index is -0.989. The van der Waals surface area contributed by atoms with Crippen molar-refractivity contribution in [3.8, 4) is 0 Å². The van der Waals surface area contributed by atoms with Crippen LogP contribution in [0.4, 0.5) is 0 Å². The average Bonchev–Trinajstić information content (AvgIpc) is 3.21. The van der Waals surface area contributed by atoms with Crippen molar-refractivity contribution in [2.24, 2.45) is 5.92 Å². The Bertz CT molecular complexity index is 466. The lowest BCUT2D eigenvalue weighted by Gasteiger charge is -2.22. The van der Waals surface area contributed by atoms with Crippen LogP contribution in [0.1, 0.15) is 36.5 Å². The van der Waals surface area contributed by atoms with Crippen molar-refractivity contribution in [2.75, 3.05) is 19.3 Å². The van der Waals surface area contributed by atoms with Crippen LogP contribution in [0.5, 0.6) is 0 Å². The van der Waals surface area contributed by atoms with Gasteiger partial charge in [-0.25, -0.2) is 0 Å². The summed E-state index contributed by atoms with van der Waals surface area (Å²) in [5.74, 6) is 0.806. The third-order valence-electron chi connectivity index (χ3n) is 3.39. The Labute approximate surface area is 117 Å². The van der Waals surface area contributed by atoms with Crippen molar-refractivity contribution in [3.05, 3.63) is 29.8 Å². The smallest absolute Gasteiger partial charge is 0.253 e. The highest BCUT2D eigenvalue weighted by atomic mass is 32.2.